The number of rotatable bonds is 7. The van der Waals surface area contributed by atoms with Gasteiger partial charge in [0.05, 0.1) is 18.9 Å². The van der Waals surface area contributed by atoms with E-state index in [1.807, 2.05) is 11.7 Å². The molecule has 0 aromatic carbocycles. The topological polar surface area (TPSA) is 63.8 Å². The van der Waals surface area contributed by atoms with Crippen LogP contribution in [0.1, 0.15) is 36.2 Å². The van der Waals surface area contributed by atoms with Gasteiger partial charge in [0.2, 0.25) is 0 Å². The standard InChI is InChI=1S/C15H21N5O/c1-3-4-6-15(18-19-15)7-8-16-10-13-12-11-21-9-5-14(12)20(2)17-13/h1,16H,4-11H2,2H3. The molecule has 0 fully saturated rings. The van der Waals surface area contributed by atoms with E-state index in [-0.39, 0.29) is 5.66 Å². The van der Waals surface area contributed by atoms with Gasteiger partial charge in [-0.3, -0.25) is 4.68 Å². The second-order valence-corrected chi connectivity index (χ2v) is 5.61. The van der Waals surface area contributed by atoms with Crippen molar-refractivity contribution >= 4 is 0 Å². The predicted octanol–water partition coefficient (Wildman–Crippen LogP) is 1.55. The van der Waals surface area contributed by atoms with E-state index in [0.29, 0.717) is 6.61 Å². The van der Waals surface area contributed by atoms with Crippen molar-refractivity contribution in [1.82, 2.24) is 15.1 Å². The molecule has 0 saturated heterocycles. The molecule has 21 heavy (non-hydrogen) atoms. The molecule has 0 saturated carbocycles. The van der Waals surface area contributed by atoms with Crippen LogP contribution < -0.4 is 5.32 Å². The molecule has 6 heteroatoms. The van der Waals surface area contributed by atoms with Crippen LogP contribution in [0.5, 0.6) is 0 Å². The highest BCUT2D eigenvalue weighted by Gasteiger charge is 2.38. The average Bonchev–Trinajstić information content (AvgIpc) is 3.21. The molecule has 112 valence electrons. The Balaban J connectivity index is 1.47. The minimum absolute atomic E-state index is 0.202. The average molecular weight is 287 g/mol. The molecule has 3 rings (SSSR count). The minimum Gasteiger partial charge on any atom is -0.376 e. The van der Waals surface area contributed by atoms with E-state index in [1.54, 1.807) is 0 Å². The maximum absolute atomic E-state index is 5.53. The van der Waals surface area contributed by atoms with Gasteiger partial charge in [0.25, 0.3) is 0 Å². The van der Waals surface area contributed by atoms with Crippen LogP contribution >= 0.6 is 0 Å². The number of ether oxygens (including phenoxy) is 1. The van der Waals surface area contributed by atoms with Crippen LogP contribution in [0, 0.1) is 12.3 Å². The van der Waals surface area contributed by atoms with Gasteiger partial charge in [-0.05, 0) is 6.54 Å². The first-order valence-electron chi connectivity index (χ1n) is 7.44. The normalized spacial score (nSPS) is 18.3. The first kappa shape index (κ1) is 14.2. The molecule has 0 bridgehead atoms. The molecule has 3 heterocycles. The van der Waals surface area contributed by atoms with E-state index in [9.17, 15) is 0 Å². The highest BCUT2D eigenvalue weighted by Crippen LogP contribution is 2.36. The molecule has 1 N–H and O–H groups in total. The lowest BCUT2D eigenvalue weighted by Gasteiger charge is -2.14. The van der Waals surface area contributed by atoms with Crippen molar-refractivity contribution in [3.8, 4) is 12.3 Å². The summed E-state index contributed by atoms with van der Waals surface area (Å²) in [7, 11) is 2.00. The Labute approximate surface area is 125 Å². The number of nitrogens with one attached hydrogen (secondary N) is 1. The summed E-state index contributed by atoms with van der Waals surface area (Å²) in [6.45, 7) is 3.10. The number of hydrogen-bond donors (Lipinski definition) is 1. The van der Waals surface area contributed by atoms with E-state index in [0.717, 1.165) is 51.1 Å². The van der Waals surface area contributed by atoms with Crippen LogP contribution in [0.2, 0.25) is 0 Å². The summed E-state index contributed by atoms with van der Waals surface area (Å²) in [4.78, 5) is 0. The molecule has 2 aliphatic rings. The quantitative estimate of drug-likeness (QED) is 0.611. The molecule has 0 unspecified atom stereocenters. The maximum atomic E-state index is 5.53. The second-order valence-electron chi connectivity index (χ2n) is 5.61. The van der Waals surface area contributed by atoms with Gasteiger partial charge in [0.1, 0.15) is 0 Å². The third kappa shape index (κ3) is 3.14. The monoisotopic (exact) mass is 287 g/mol. The molecule has 2 aliphatic heterocycles. The fourth-order valence-corrected chi connectivity index (χ4v) is 2.79. The lowest BCUT2D eigenvalue weighted by atomic mass is 10.0. The Kier molecular flexibility index (Phi) is 4.04. The lowest BCUT2D eigenvalue weighted by Crippen LogP contribution is -2.23. The zero-order chi connectivity index (χ0) is 14.7. The molecule has 6 nitrogen and oxygen atoms in total. The van der Waals surface area contributed by atoms with Crippen LogP contribution in [0.4, 0.5) is 0 Å². The van der Waals surface area contributed by atoms with Gasteiger partial charge in [-0.1, -0.05) is 0 Å². The van der Waals surface area contributed by atoms with Crippen LogP contribution in [0.3, 0.4) is 0 Å². The van der Waals surface area contributed by atoms with Crippen molar-refractivity contribution in [1.29, 1.82) is 0 Å². The van der Waals surface area contributed by atoms with Gasteiger partial charge in [-0.15, -0.1) is 12.3 Å². The van der Waals surface area contributed by atoms with Crippen molar-refractivity contribution in [2.45, 2.75) is 44.5 Å². The van der Waals surface area contributed by atoms with Crippen LogP contribution in [-0.2, 0) is 31.4 Å². The molecule has 0 aliphatic carbocycles. The van der Waals surface area contributed by atoms with Crippen molar-refractivity contribution in [3.05, 3.63) is 17.0 Å². The van der Waals surface area contributed by atoms with E-state index in [4.69, 9.17) is 11.2 Å². The Morgan fingerprint density at radius 1 is 1.43 bits per heavy atom. The van der Waals surface area contributed by atoms with Crippen molar-refractivity contribution in [3.63, 3.8) is 0 Å². The zero-order valence-corrected chi connectivity index (χ0v) is 12.4. The molecule has 0 radical (unpaired) electrons. The number of fused-ring (bicyclic) bond motifs is 1. The predicted molar refractivity (Wildman–Crippen MR) is 78.5 cm³/mol. The second kappa shape index (κ2) is 5.96. The number of terminal acetylenes is 1. The summed E-state index contributed by atoms with van der Waals surface area (Å²) >= 11 is 0. The first-order valence-corrected chi connectivity index (χ1v) is 7.44. The third-order valence-electron chi connectivity index (χ3n) is 4.13. The Bertz CT molecular complexity index is 578. The fraction of sp³-hybridized carbons (Fsp3) is 0.667. The Morgan fingerprint density at radius 3 is 3.05 bits per heavy atom. The fourth-order valence-electron chi connectivity index (χ4n) is 2.79. The van der Waals surface area contributed by atoms with E-state index >= 15 is 0 Å². The van der Waals surface area contributed by atoms with E-state index in [1.165, 1.54) is 11.3 Å². The van der Waals surface area contributed by atoms with Gasteiger partial charge < -0.3 is 10.1 Å². The summed E-state index contributed by atoms with van der Waals surface area (Å²) in [6.07, 6.45) is 8.74. The summed E-state index contributed by atoms with van der Waals surface area (Å²) in [5.74, 6) is 2.65. The molecule has 0 amide bonds. The number of hydrogen-bond acceptors (Lipinski definition) is 5. The summed E-state index contributed by atoms with van der Waals surface area (Å²) in [5.41, 5.74) is 3.44. The summed E-state index contributed by atoms with van der Waals surface area (Å²) < 4.78 is 7.52. The lowest BCUT2D eigenvalue weighted by molar-refractivity contribution is 0.108. The molecule has 0 spiro atoms. The Morgan fingerprint density at radius 2 is 2.29 bits per heavy atom. The third-order valence-corrected chi connectivity index (χ3v) is 4.13. The molecule has 1 aromatic rings. The van der Waals surface area contributed by atoms with Crippen LogP contribution in [-0.4, -0.2) is 28.6 Å². The van der Waals surface area contributed by atoms with E-state index in [2.05, 4.69) is 26.6 Å². The van der Waals surface area contributed by atoms with Crippen molar-refractivity contribution in [2.75, 3.05) is 13.2 Å². The molecular formula is C15H21N5O. The molecular weight excluding hydrogens is 266 g/mol. The van der Waals surface area contributed by atoms with Gasteiger partial charge in [-0.2, -0.15) is 15.3 Å². The Hall–Kier alpha value is -1.71. The largest absolute Gasteiger partial charge is 0.376 e. The highest BCUT2D eigenvalue weighted by atomic mass is 16.5. The molecule has 1 aromatic heterocycles. The number of nitrogens with zero attached hydrogens (tertiary/aromatic N) is 4. The van der Waals surface area contributed by atoms with Gasteiger partial charge in [0.15, 0.2) is 5.66 Å². The smallest absolute Gasteiger partial charge is 0.193 e. The van der Waals surface area contributed by atoms with Crippen molar-refractivity contribution in [2.24, 2.45) is 17.3 Å². The molecule has 0 atom stereocenters. The van der Waals surface area contributed by atoms with Gasteiger partial charge in [0, 0.05) is 50.5 Å². The minimum atomic E-state index is -0.202. The van der Waals surface area contributed by atoms with E-state index < -0.39 is 0 Å². The zero-order valence-electron chi connectivity index (χ0n) is 12.4. The summed E-state index contributed by atoms with van der Waals surface area (Å²) in [6, 6.07) is 0. The van der Waals surface area contributed by atoms with Gasteiger partial charge >= 0.3 is 0 Å². The highest BCUT2D eigenvalue weighted by molar-refractivity contribution is 5.27. The van der Waals surface area contributed by atoms with Gasteiger partial charge in [-0.25, -0.2) is 0 Å². The van der Waals surface area contributed by atoms with Crippen LogP contribution in [0.25, 0.3) is 0 Å². The number of aryl methyl sites for hydroxylation is 1. The van der Waals surface area contributed by atoms with Crippen LogP contribution in [0.15, 0.2) is 10.2 Å². The SMILES string of the molecule is C#CCCC1(CCNCc2nn(C)c3c2COCC3)N=N1. The van der Waals surface area contributed by atoms with Crippen molar-refractivity contribution < 1.29 is 4.74 Å². The first-order chi connectivity index (χ1) is 10.2. The summed E-state index contributed by atoms with van der Waals surface area (Å²) in [5, 5.41) is 16.3. The maximum Gasteiger partial charge on any atom is 0.193 e. The number of aromatic nitrogens is 2.